The van der Waals surface area contributed by atoms with E-state index in [2.05, 4.69) is 23.5 Å². The van der Waals surface area contributed by atoms with Crippen LogP contribution in [0, 0.1) is 5.92 Å². The normalized spacial score (nSPS) is 25.4. The molecule has 3 N–H and O–H groups in total. The van der Waals surface area contributed by atoms with Gasteiger partial charge in [0.2, 0.25) is 0 Å². The standard InChI is InChI=1S/C15H22N2O/c16-14-8-12(9-14)10-17-5-3-11-1-2-15-13(7-11)4-6-18-15/h1-2,7,12,14,17H,3-6,8-10,16H2. The molecule has 2 aliphatic rings. The summed E-state index contributed by atoms with van der Waals surface area (Å²) in [6.45, 7) is 3.03. The van der Waals surface area contributed by atoms with Gasteiger partial charge in [-0.3, -0.25) is 0 Å². The van der Waals surface area contributed by atoms with Crippen molar-refractivity contribution in [3.05, 3.63) is 29.3 Å². The lowest BCUT2D eigenvalue weighted by atomic mass is 9.81. The van der Waals surface area contributed by atoms with Gasteiger partial charge in [0.25, 0.3) is 0 Å². The number of hydrogen-bond acceptors (Lipinski definition) is 3. The van der Waals surface area contributed by atoms with Crippen LogP contribution >= 0.6 is 0 Å². The lowest BCUT2D eigenvalue weighted by Gasteiger charge is -2.32. The van der Waals surface area contributed by atoms with Crippen LogP contribution in [0.2, 0.25) is 0 Å². The largest absolute Gasteiger partial charge is 0.493 e. The number of ether oxygens (including phenoxy) is 1. The van der Waals surface area contributed by atoms with Crippen molar-refractivity contribution in [2.24, 2.45) is 11.7 Å². The Morgan fingerprint density at radius 3 is 3.06 bits per heavy atom. The van der Waals surface area contributed by atoms with Gasteiger partial charge < -0.3 is 15.8 Å². The molecule has 1 aliphatic heterocycles. The van der Waals surface area contributed by atoms with E-state index in [4.69, 9.17) is 10.5 Å². The van der Waals surface area contributed by atoms with Crippen molar-refractivity contribution in [3.8, 4) is 5.75 Å². The van der Waals surface area contributed by atoms with Gasteiger partial charge in [-0.25, -0.2) is 0 Å². The molecule has 0 amide bonds. The fourth-order valence-electron chi connectivity index (χ4n) is 2.89. The monoisotopic (exact) mass is 246 g/mol. The topological polar surface area (TPSA) is 47.3 Å². The van der Waals surface area contributed by atoms with Gasteiger partial charge in [0, 0.05) is 12.5 Å². The van der Waals surface area contributed by atoms with Gasteiger partial charge in [-0.2, -0.15) is 0 Å². The molecule has 18 heavy (non-hydrogen) atoms. The summed E-state index contributed by atoms with van der Waals surface area (Å²) in [5.41, 5.74) is 8.56. The van der Waals surface area contributed by atoms with E-state index in [1.165, 1.54) is 24.0 Å². The van der Waals surface area contributed by atoms with Crippen molar-refractivity contribution < 1.29 is 4.74 Å². The highest BCUT2D eigenvalue weighted by Gasteiger charge is 2.24. The molecule has 0 unspecified atom stereocenters. The number of benzene rings is 1. The van der Waals surface area contributed by atoms with Gasteiger partial charge >= 0.3 is 0 Å². The van der Waals surface area contributed by atoms with Gasteiger partial charge in [-0.1, -0.05) is 12.1 Å². The van der Waals surface area contributed by atoms with E-state index in [1.807, 2.05) is 0 Å². The first-order chi connectivity index (χ1) is 8.81. The lowest BCUT2D eigenvalue weighted by molar-refractivity contribution is 0.257. The van der Waals surface area contributed by atoms with Crippen molar-refractivity contribution >= 4 is 0 Å². The van der Waals surface area contributed by atoms with Crippen LogP contribution in [0.1, 0.15) is 24.0 Å². The molecule has 1 aliphatic carbocycles. The first-order valence-electron chi connectivity index (χ1n) is 7.02. The number of nitrogens with one attached hydrogen (secondary N) is 1. The minimum atomic E-state index is 0.466. The second kappa shape index (κ2) is 5.29. The van der Waals surface area contributed by atoms with Crippen LogP contribution in [0.5, 0.6) is 5.75 Å². The molecule has 98 valence electrons. The van der Waals surface area contributed by atoms with Crippen LogP contribution in [0.4, 0.5) is 0 Å². The molecule has 3 rings (SSSR count). The Kier molecular flexibility index (Phi) is 3.52. The highest BCUT2D eigenvalue weighted by Crippen LogP contribution is 2.26. The molecule has 1 aromatic carbocycles. The Morgan fingerprint density at radius 2 is 2.22 bits per heavy atom. The second-order valence-electron chi connectivity index (χ2n) is 5.59. The molecule has 0 bridgehead atoms. The van der Waals surface area contributed by atoms with E-state index in [-0.39, 0.29) is 0 Å². The molecular formula is C15H22N2O. The van der Waals surface area contributed by atoms with Crippen LogP contribution in [-0.2, 0) is 12.8 Å². The summed E-state index contributed by atoms with van der Waals surface area (Å²) in [5, 5.41) is 3.54. The Hall–Kier alpha value is -1.06. The quantitative estimate of drug-likeness (QED) is 0.774. The minimum absolute atomic E-state index is 0.466. The summed E-state index contributed by atoms with van der Waals surface area (Å²) in [6, 6.07) is 7.06. The highest BCUT2D eigenvalue weighted by molar-refractivity contribution is 5.39. The molecule has 0 atom stereocenters. The lowest BCUT2D eigenvalue weighted by Crippen LogP contribution is -2.41. The van der Waals surface area contributed by atoms with Crippen LogP contribution in [0.15, 0.2) is 18.2 Å². The van der Waals surface area contributed by atoms with E-state index < -0.39 is 0 Å². The van der Waals surface area contributed by atoms with Crippen molar-refractivity contribution in [2.75, 3.05) is 19.7 Å². The first-order valence-corrected chi connectivity index (χ1v) is 7.02. The van der Waals surface area contributed by atoms with Crippen LogP contribution in [0.25, 0.3) is 0 Å². The summed E-state index contributed by atoms with van der Waals surface area (Å²) >= 11 is 0. The fourth-order valence-corrected chi connectivity index (χ4v) is 2.89. The van der Waals surface area contributed by atoms with E-state index >= 15 is 0 Å². The predicted octanol–water partition coefficient (Wildman–Crippen LogP) is 1.49. The van der Waals surface area contributed by atoms with Gasteiger partial charge in [0.1, 0.15) is 5.75 Å². The average Bonchev–Trinajstić information content (AvgIpc) is 2.79. The zero-order valence-electron chi connectivity index (χ0n) is 10.8. The average molecular weight is 246 g/mol. The third kappa shape index (κ3) is 2.68. The van der Waals surface area contributed by atoms with Crippen molar-refractivity contribution in [2.45, 2.75) is 31.7 Å². The zero-order chi connectivity index (χ0) is 12.4. The van der Waals surface area contributed by atoms with Gasteiger partial charge in [-0.05, 0) is 55.5 Å². The minimum Gasteiger partial charge on any atom is -0.493 e. The van der Waals surface area contributed by atoms with Gasteiger partial charge in [0.05, 0.1) is 6.61 Å². The predicted molar refractivity (Wildman–Crippen MR) is 72.9 cm³/mol. The summed E-state index contributed by atoms with van der Waals surface area (Å²) in [6.07, 6.45) is 4.56. The van der Waals surface area contributed by atoms with Crippen molar-refractivity contribution in [3.63, 3.8) is 0 Å². The van der Waals surface area contributed by atoms with Crippen LogP contribution in [-0.4, -0.2) is 25.7 Å². The number of rotatable bonds is 5. The van der Waals surface area contributed by atoms with Crippen LogP contribution in [0.3, 0.4) is 0 Å². The first kappa shape index (κ1) is 12.0. The molecule has 3 heteroatoms. The molecule has 1 fully saturated rings. The second-order valence-corrected chi connectivity index (χ2v) is 5.59. The van der Waals surface area contributed by atoms with E-state index in [0.717, 1.165) is 44.2 Å². The molecule has 0 saturated heterocycles. The van der Waals surface area contributed by atoms with Crippen molar-refractivity contribution in [1.29, 1.82) is 0 Å². The number of fused-ring (bicyclic) bond motifs is 1. The molecule has 0 aromatic heterocycles. The van der Waals surface area contributed by atoms with E-state index in [1.54, 1.807) is 0 Å². The smallest absolute Gasteiger partial charge is 0.122 e. The molecule has 1 aromatic rings. The SMILES string of the molecule is NC1CC(CNCCc2ccc3c(c2)CCO3)C1. The summed E-state index contributed by atoms with van der Waals surface area (Å²) in [7, 11) is 0. The summed E-state index contributed by atoms with van der Waals surface area (Å²) < 4.78 is 5.52. The Labute approximate surface area is 109 Å². The van der Waals surface area contributed by atoms with Crippen molar-refractivity contribution in [1.82, 2.24) is 5.32 Å². The summed E-state index contributed by atoms with van der Waals surface area (Å²) in [5.74, 6) is 1.89. The molecule has 0 radical (unpaired) electrons. The molecule has 3 nitrogen and oxygen atoms in total. The maximum Gasteiger partial charge on any atom is 0.122 e. The van der Waals surface area contributed by atoms with E-state index in [9.17, 15) is 0 Å². The Bertz CT molecular complexity index is 413. The third-order valence-electron chi connectivity index (χ3n) is 4.05. The van der Waals surface area contributed by atoms with E-state index in [0.29, 0.717) is 6.04 Å². The molecule has 1 saturated carbocycles. The Balaban J connectivity index is 1.40. The zero-order valence-corrected chi connectivity index (χ0v) is 10.8. The third-order valence-corrected chi connectivity index (χ3v) is 4.05. The maximum atomic E-state index is 5.78. The molecule has 0 spiro atoms. The molecule has 1 heterocycles. The van der Waals surface area contributed by atoms with Gasteiger partial charge in [-0.15, -0.1) is 0 Å². The number of nitrogens with two attached hydrogens (primary N) is 1. The fraction of sp³-hybridized carbons (Fsp3) is 0.600. The molecular weight excluding hydrogens is 224 g/mol. The van der Waals surface area contributed by atoms with Crippen LogP contribution < -0.4 is 15.8 Å². The highest BCUT2D eigenvalue weighted by atomic mass is 16.5. The Morgan fingerprint density at radius 1 is 1.33 bits per heavy atom. The van der Waals surface area contributed by atoms with Gasteiger partial charge in [0.15, 0.2) is 0 Å². The number of hydrogen-bond donors (Lipinski definition) is 2. The maximum absolute atomic E-state index is 5.78. The summed E-state index contributed by atoms with van der Waals surface area (Å²) in [4.78, 5) is 0.